The number of benzene rings is 1. The van der Waals surface area contributed by atoms with Gasteiger partial charge in [-0.2, -0.15) is 0 Å². The van der Waals surface area contributed by atoms with Crippen molar-refractivity contribution in [1.82, 2.24) is 9.38 Å². The van der Waals surface area contributed by atoms with E-state index in [1.165, 1.54) is 7.11 Å². The summed E-state index contributed by atoms with van der Waals surface area (Å²) in [5.74, 6) is 0.806. The Morgan fingerprint density at radius 1 is 1.17 bits per heavy atom. The molecule has 23 heavy (non-hydrogen) atoms. The average Bonchev–Trinajstić information content (AvgIpc) is 2.98. The Labute approximate surface area is 137 Å². The number of rotatable bonds is 4. The van der Waals surface area contributed by atoms with E-state index < -0.39 is 0 Å². The van der Waals surface area contributed by atoms with Gasteiger partial charge in [-0.1, -0.05) is 11.6 Å². The van der Waals surface area contributed by atoms with Gasteiger partial charge in [0.2, 0.25) is 0 Å². The number of methoxy groups -OCH3 is 2. The normalized spacial score (nSPS) is 10.6. The van der Waals surface area contributed by atoms with Crippen LogP contribution in [0.4, 0.5) is 5.69 Å². The third-order valence-corrected chi connectivity index (χ3v) is 3.53. The summed E-state index contributed by atoms with van der Waals surface area (Å²) in [7, 11) is 3.09. The molecule has 3 rings (SSSR count). The molecule has 3 aromatic rings. The van der Waals surface area contributed by atoms with E-state index in [1.54, 1.807) is 54.2 Å². The second-order valence-electron chi connectivity index (χ2n) is 4.76. The van der Waals surface area contributed by atoms with Crippen molar-refractivity contribution in [2.75, 3.05) is 19.5 Å². The Kier molecular flexibility index (Phi) is 4.08. The quantitative estimate of drug-likeness (QED) is 0.797. The van der Waals surface area contributed by atoms with Gasteiger partial charge in [0.1, 0.15) is 22.8 Å². The molecular weight excluding hydrogens is 318 g/mol. The number of anilines is 1. The van der Waals surface area contributed by atoms with Crippen molar-refractivity contribution in [3.8, 4) is 11.5 Å². The van der Waals surface area contributed by atoms with Crippen molar-refractivity contribution in [2.45, 2.75) is 0 Å². The molecule has 0 saturated heterocycles. The van der Waals surface area contributed by atoms with Crippen LogP contribution in [-0.2, 0) is 0 Å². The molecule has 118 valence electrons. The maximum absolute atomic E-state index is 12.4. The van der Waals surface area contributed by atoms with Gasteiger partial charge in [-0.25, -0.2) is 4.98 Å². The lowest BCUT2D eigenvalue weighted by Crippen LogP contribution is -2.13. The number of fused-ring (bicyclic) bond motifs is 1. The maximum Gasteiger partial charge on any atom is 0.275 e. The zero-order valence-electron chi connectivity index (χ0n) is 12.5. The molecule has 1 N–H and O–H groups in total. The number of carbonyl (C=O) groups excluding carboxylic acids is 1. The Balaban J connectivity index is 1.88. The van der Waals surface area contributed by atoms with Crippen LogP contribution in [0.1, 0.15) is 10.5 Å². The molecule has 0 spiro atoms. The second-order valence-corrected chi connectivity index (χ2v) is 5.20. The molecule has 0 aliphatic carbocycles. The fraction of sp³-hybridized carbons (Fsp3) is 0.125. The number of aromatic nitrogens is 2. The number of halogens is 1. The van der Waals surface area contributed by atoms with Gasteiger partial charge < -0.3 is 19.2 Å². The van der Waals surface area contributed by atoms with E-state index in [0.717, 1.165) is 0 Å². The van der Waals surface area contributed by atoms with Crippen LogP contribution in [0, 0.1) is 0 Å². The molecule has 2 heterocycles. The third-order valence-electron chi connectivity index (χ3n) is 3.30. The molecule has 0 aliphatic heterocycles. The maximum atomic E-state index is 12.4. The Morgan fingerprint density at radius 3 is 2.74 bits per heavy atom. The molecule has 7 heteroatoms. The van der Waals surface area contributed by atoms with Crippen LogP contribution < -0.4 is 14.8 Å². The topological polar surface area (TPSA) is 64.9 Å². The van der Waals surface area contributed by atoms with E-state index in [0.29, 0.717) is 27.9 Å². The zero-order valence-corrected chi connectivity index (χ0v) is 13.3. The van der Waals surface area contributed by atoms with Crippen molar-refractivity contribution in [3.05, 3.63) is 53.4 Å². The fourth-order valence-electron chi connectivity index (χ4n) is 2.16. The van der Waals surface area contributed by atoms with Gasteiger partial charge in [-0.3, -0.25) is 4.79 Å². The van der Waals surface area contributed by atoms with Gasteiger partial charge in [-0.15, -0.1) is 0 Å². The largest absolute Gasteiger partial charge is 0.497 e. The first kappa shape index (κ1) is 15.2. The number of imidazole rings is 1. The van der Waals surface area contributed by atoms with Crippen LogP contribution in [0.2, 0.25) is 5.02 Å². The number of carbonyl (C=O) groups is 1. The van der Waals surface area contributed by atoms with Crippen molar-refractivity contribution in [3.63, 3.8) is 0 Å². The summed E-state index contributed by atoms with van der Waals surface area (Å²) >= 11 is 5.93. The first-order chi connectivity index (χ1) is 11.1. The predicted octanol–water partition coefficient (Wildman–Crippen LogP) is 3.26. The van der Waals surface area contributed by atoms with Gasteiger partial charge in [0.05, 0.1) is 24.9 Å². The monoisotopic (exact) mass is 331 g/mol. The van der Waals surface area contributed by atoms with Crippen LogP contribution in [0.15, 0.2) is 42.7 Å². The first-order valence-electron chi connectivity index (χ1n) is 6.78. The van der Waals surface area contributed by atoms with Crippen molar-refractivity contribution in [1.29, 1.82) is 0 Å². The molecular formula is C16H14ClN3O3. The van der Waals surface area contributed by atoms with Crippen LogP contribution in [0.25, 0.3) is 5.65 Å². The highest BCUT2D eigenvalue weighted by atomic mass is 35.5. The molecule has 1 aromatic carbocycles. The molecule has 0 radical (unpaired) electrons. The highest BCUT2D eigenvalue weighted by molar-refractivity contribution is 6.30. The van der Waals surface area contributed by atoms with Crippen molar-refractivity contribution in [2.24, 2.45) is 0 Å². The summed E-state index contributed by atoms with van der Waals surface area (Å²) in [5, 5.41) is 3.34. The number of pyridine rings is 1. The van der Waals surface area contributed by atoms with E-state index in [4.69, 9.17) is 21.1 Å². The molecule has 1 amide bonds. The standard InChI is InChI=1S/C16H14ClN3O3/c1-22-11-4-5-12(14(7-11)23-2)19-16(21)13-9-20-8-10(17)3-6-15(20)18-13/h3-9H,1-2H3,(H,19,21). The van der Waals surface area contributed by atoms with E-state index in [-0.39, 0.29) is 11.6 Å². The molecule has 0 atom stereocenters. The lowest BCUT2D eigenvalue weighted by atomic mass is 10.2. The summed E-state index contributed by atoms with van der Waals surface area (Å²) < 4.78 is 12.1. The van der Waals surface area contributed by atoms with Gasteiger partial charge in [0.15, 0.2) is 0 Å². The number of hydrogen-bond acceptors (Lipinski definition) is 4. The fourth-order valence-corrected chi connectivity index (χ4v) is 2.33. The highest BCUT2D eigenvalue weighted by Crippen LogP contribution is 2.29. The Morgan fingerprint density at radius 2 is 2.00 bits per heavy atom. The summed E-state index contributed by atoms with van der Waals surface area (Å²) in [6, 6.07) is 8.61. The predicted molar refractivity (Wildman–Crippen MR) is 87.7 cm³/mol. The van der Waals surface area contributed by atoms with Crippen LogP contribution >= 0.6 is 11.6 Å². The third kappa shape index (κ3) is 3.07. The molecule has 0 fully saturated rings. The SMILES string of the molecule is COc1ccc(NC(=O)c2cn3cc(Cl)ccc3n2)c(OC)c1. The van der Waals surface area contributed by atoms with Crippen molar-refractivity contribution < 1.29 is 14.3 Å². The minimum atomic E-state index is -0.340. The number of ether oxygens (including phenoxy) is 2. The van der Waals surface area contributed by atoms with E-state index >= 15 is 0 Å². The molecule has 0 bridgehead atoms. The van der Waals surface area contributed by atoms with Gasteiger partial charge in [0, 0.05) is 18.5 Å². The molecule has 0 aliphatic rings. The van der Waals surface area contributed by atoms with E-state index in [9.17, 15) is 4.79 Å². The summed E-state index contributed by atoms with van der Waals surface area (Å²) in [6.45, 7) is 0. The summed E-state index contributed by atoms with van der Waals surface area (Å²) in [5.41, 5.74) is 1.46. The Bertz CT molecular complexity index is 876. The smallest absolute Gasteiger partial charge is 0.275 e. The van der Waals surface area contributed by atoms with Crippen LogP contribution in [-0.4, -0.2) is 29.5 Å². The lowest BCUT2D eigenvalue weighted by molar-refractivity contribution is 0.102. The number of hydrogen-bond donors (Lipinski definition) is 1. The minimum absolute atomic E-state index is 0.283. The zero-order chi connectivity index (χ0) is 16.4. The lowest BCUT2D eigenvalue weighted by Gasteiger charge is -2.10. The van der Waals surface area contributed by atoms with Crippen LogP contribution in [0.5, 0.6) is 11.5 Å². The summed E-state index contributed by atoms with van der Waals surface area (Å²) in [6.07, 6.45) is 3.31. The highest BCUT2D eigenvalue weighted by Gasteiger charge is 2.14. The van der Waals surface area contributed by atoms with Crippen LogP contribution in [0.3, 0.4) is 0 Å². The van der Waals surface area contributed by atoms with Gasteiger partial charge in [0.25, 0.3) is 5.91 Å². The molecule has 6 nitrogen and oxygen atoms in total. The van der Waals surface area contributed by atoms with E-state index in [2.05, 4.69) is 10.3 Å². The number of amides is 1. The molecule has 0 saturated carbocycles. The molecule has 0 unspecified atom stereocenters. The average molecular weight is 332 g/mol. The number of nitrogens with zero attached hydrogens (tertiary/aromatic N) is 2. The van der Waals surface area contributed by atoms with Gasteiger partial charge in [-0.05, 0) is 24.3 Å². The van der Waals surface area contributed by atoms with Gasteiger partial charge >= 0.3 is 0 Å². The minimum Gasteiger partial charge on any atom is -0.497 e. The molecule has 2 aromatic heterocycles. The first-order valence-corrected chi connectivity index (χ1v) is 7.16. The second kappa shape index (κ2) is 6.18. The summed E-state index contributed by atoms with van der Waals surface area (Å²) in [4.78, 5) is 16.7. The van der Waals surface area contributed by atoms with E-state index in [1.807, 2.05) is 0 Å². The Hall–Kier alpha value is -2.73. The number of nitrogens with one attached hydrogen (secondary N) is 1. The van der Waals surface area contributed by atoms with Crippen molar-refractivity contribution >= 4 is 28.8 Å².